The van der Waals surface area contributed by atoms with Gasteiger partial charge in [-0.15, -0.1) is 10.2 Å². The molecule has 1 heterocycles. The Morgan fingerprint density at radius 2 is 2.00 bits per heavy atom. The molecule has 0 aromatic carbocycles. The van der Waals surface area contributed by atoms with Crippen LogP contribution in [0.3, 0.4) is 0 Å². The van der Waals surface area contributed by atoms with E-state index >= 15 is 0 Å². The Morgan fingerprint density at radius 1 is 1.29 bits per heavy atom. The number of hydrogen-bond donors (Lipinski definition) is 1. The summed E-state index contributed by atoms with van der Waals surface area (Å²) >= 11 is 1.26. The van der Waals surface area contributed by atoms with E-state index in [0.717, 1.165) is 18.0 Å². The largest absolute Gasteiger partial charge is 0.411 e. The Kier molecular flexibility index (Phi) is 5.79. The molecule has 1 aromatic heterocycles. The number of rotatable bonds is 7. The molecule has 0 aliphatic heterocycles. The lowest BCUT2D eigenvalue weighted by Crippen LogP contribution is -2.16. The van der Waals surface area contributed by atoms with Crippen LogP contribution in [0.1, 0.15) is 23.4 Å². The van der Waals surface area contributed by atoms with Crippen LogP contribution in [0.4, 0.5) is 13.2 Å². The SMILES string of the molecule is CCCNCc1nnc(COCC(F)(F)F)s1. The summed E-state index contributed by atoms with van der Waals surface area (Å²) < 4.78 is 39.9. The van der Waals surface area contributed by atoms with Gasteiger partial charge in [0.1, 0.15) is 23.2 Å². The van der Waals surface area contributed by atoms with E-state index in [0.29, 0.717) is 11.6 Å². The fourth-order valence-corrected chi connectivity index (χ4v) is 1.80. The summed E-state index contributed by atoms with van der Waals surface area (Å²) in [6.07, 6.45) is -3.28. The van der Waals surface area contributed by atoms with Crippen molar-refractivity contribution in [3.8, 4) is 0 Å². The van der Waals surface area contributed by atoms with Crippen molar-refractivity contribution in [1.29, 1.82) is 0 Å². The van der Waals surface area contributed by atoms with E-state index in [2.05, 4.69) is 20.3 Å². The molecular weight excluding hydrogens is 255 g/mol. The van der Waals surface area contributed by atoms with Gasteiger partial charge in [0.15, 0.2) is 0 Å². The summed E-state index contributed by atoms with van der Waals surface area (Å²) in [7, 11) is 0. The third-order valence-electron chi connectivity index (χ3n) is 1.70. The fourth-order valence-electron chi connectivity index (χ4n) is 1.04. The molecule has 0 aliphatic carbocycles. The molecule has 0 saturated heterocycles. The minimum atomic E-state index is -4.30. The number of alkyl halides is 3. The van der Waals surface area contributed by atoms with Crippen LogP contribution in [-0.2, 0) is 17.9 Å². The van der Waals surface area contributed by atoms with Crippen molar-refractivity contribution in [1.82, 2.24) is 15.5 Å². The van der Waals surface area contributed by atoms with Crippen molar-refractivity contribution in [2.75, 3.05) is 13.2 Å². The first kappa shape index (κ1) is 14.3. The Hall–Kier alpha value is -0.730. The molecule has 1 aromatic rings. The van der Waals surface area contributed by atoms with Crippen molar-refractivity contribution < 1.29 is 17.9 Å². The molecule has 0 saturated carbocycles. The smallest absolute Gasteiger partial charge is 0.365 e. The monoisotopic (exact) mass is 269 g/mol. The predicted molar refractivity (Wildman–Crippen MR) is 57.6 cm³/mol. The zero-order valence-electron chi connectivity index (χ0n) is 9.38. The maximum Gasteiger partial charge on any atom is 0.411 e. The fraction of sp³-hybridized carbons (Fsp3) is 0.778. The van der Waals surface area contributed by atoms with Crippen LogP contribution in [0.2, 0.25) is 0 Å². The molecule has 0 bridgehead atoms. The molecule has 17 heavy (non-hydrogen) atoms. The maximum absolute atomic E-state index is 11.8. The standard InChI is InChI=1S/C9H14F3N3OS/c1-2-3-13-4-7-14-15-8(17-7)5-16-6-9(10,11)12/h13H,2-6H2,1H3. The minimum Gasteiger partial charge on any atom is -0.365 e. The van der Waals surface area contributed by atoms with E-state index < -0.39 is 12.8 Å². The second kappa shape index (κ2) is 6.87. The van der Waals surface area contributed by atoms with Crippen LogP contribution >= 0.6 is 11.3 Å². The normalized spacial score (nSPS) is 12.0. The van der Waals surface area contributed by atoms with Crippen LogP contribution in [0.25, 0.3) is 0 Å². The van der Waals surface area contributed by atoms with E-state index in [1.165, 1.54) is 11.3 Å². The van der Waals surface area contributed by atoms with Crippen molar-refractivity contribution >= 4 is 11.3 Å². The molecule has 0 unspecified atom stereocenters. The van der Waals surface area contributed by atoms with Gasteiger partial charge in [0.05, 0.1) is 0 Å². The topological polar surface area (TPSA) is 47.0 Å². The zero-order valence-corrected chi connectivity index (χ0v) is 10.2. The van der Waals surface area contributed by atoms with Gasteiger partial charge in [-0.3, -0.25) is 0 Å². The zero-order chi connectivity index (χ0) is 12.7. The van der Waals surface area contributed by atoms with Gasteiger partial charge in [0, 0.05) is 6.54 Å². The molecule has 0 atom stereocenters. The molecular formula is C9H14F3N3OS. The Labute approximate surface area is 101 Å². The molecule has 98 valence electrons. The predicted octanol–water partition coefficient (Wildman–Crippen LogP) is 2.12. The van der Waals surface area contributed by atoms with Gasteiger partial charge in [0.2, 0.25) is 0 Å². The average molecular weight is 269 g/mol. The minimum absolute atomic E-state index is 0.148. The van der Waals surface area contributed by atoms with E-state index in [1.54, 1.807) is 0 Å². The lowest BCUT2D eigenvalue weighted by molar-refractivity contribution is -0.176. The quantitative estimate of drug-likeness (QED) is 0.770. The molecule has 0 aliphatic rings. The first-order chi connectivity index (χ1) is 8.01. The summed E-state index contributed by atoms with van der Waals surface area (Å²) in [4.78, 5) is 0. The van der Waals surface area contributed by atoms with Crippen molar-refractivity contribution in [2.24, 2.45) is 0 Å². The third kappa shape index (κ3) is 6.54. The molecule has 4 nitrogen and oxygen atoms in total. The highest BCUT2D eigenvalue weighted by Gasteiger charge is 2.27. The van der Waals surface area contributed by atoms with Crippen LogP contribution in [0, 0.1) is 0 Å². The van der Waals surface area contributed by atoms with E-state index in [-0.39, 0.29) is 6.61 Å². The first-order valence-corrected chi connectivity index (χ1v) is 5.99. The molecule has 1 rings (SSSR count). The van der Waals surface area contributed by atoms with Crippen molar-refractivity contribution in [3.05, 3.63) is 10.0 Å². The van der Waals surface area contributed by atoms with Gasteiger partial charge in [-0.1, -0.05) is 18.3 Å². The van der Waals surface area contributed by atoms with Gasteiger partial charge >= 0.3 is 6.18 Å². The van der Waals surface area contributed by atoms with E-state index in [9.17, 15) is 13.2 Å². The average Bonchev–Trinajstić information content (AvgIpc) is 2.64. The highest BCUT2D eigenvalue weighted by molar-refractivity contribution is 7.11. The summed E-state index contributed by atoms with van der Waals surface area (Å²) in [5, 5.41) is 11.9. The van der Waals surface area contributed by atoms with E-state index in [1.807, 2.05) is 6.92 Å². The van der Waals surface area contributed by atoms with Crippen LogP contribution in [0.15, 0.2) is 0 Å². The Balaban J connectivity index is 2.26. The number of halogens is 3. The molecule has 0 fully saturated rings. The lowest BCUT2D eigenvalue weighted by Gasteiger charge is -2.04. The summed E-state index contributed by atoms with van der Waals surface area (Å²) in [6.45, 7) is 2.11. The van der Waals surface area contributed by atoms with E-state index in [4.69, 9.17) is 0 Å². The highest BCUT2D eigenvalue weighted by Crippen LogP contribution is 2.16. The van der Waals surface area contributed by atoms with Gasteiger partial charge < -0.3 is 10.1 Å². The van der Waals surface area contributed by atoms with Gasteiger partial charge in [-0.05, 0) is 13.0 Å². The van der Waals surface area contributed by atoms with Crippen LogP contribution < -0.4 is 5.32 Å². The second-order valence-corrected chi connectivity index (χ2v) is 4.52. The lowest BCUT2D eigenvalue weighted by atomic mass is 10.5. The summed E-state index contributed by atoms with van der Waals surface area (Å²) in [5.41, 5.74) is 0. The Bertz CT molecular complexity index is 330. The van der Waals surface area contributed by atoms with Crippen LogP contribution in [-0.4, -0.2) is 29.5 Å². The van der Waals surface area contributed by atoms with Crippen molar-refractivity contribution in [3.63, 3.8) is 0 Å². The van der Waals surface area contributed by atoms with Gasteiger partial charge in [0.25, 0.3) is 0 Å². The summed E-state index contributed by atoms with van der Waals surface area (Å²) in [5.74, 6) is 0. The summed E-state index contributed by atoms with van der Waals surface area (Å²) in [6, 6.07) is 0. The molecule has 0 spiro atoms. The van der Waals surface area contributed by atoms with Gasteiger partial charge in [-0.2, -0.15) is 13.2 Å². The number of hydrogen-bond acceptors (Lipinski definition) is 5. The maximum atomic E-state index is 11.8. The molecule has 8 heteroatoms. The number of nitrogens with zero attached hydrogens (tertiary/aromatic N) is 2. The van der Waals surface area contributed by atoms with Crippen molar-refractivity contribution in [2.45, 2.75) is 32.7 Å². The van der Waals surface area contributed by atoms with Gasteiger partial charge in [-0.25, -0.2) is 0 Å². The Morgan fingerprint density at radius 3 is 2.65 bits per heavy atom. The second-order valence-electron chi connectivity index (χ2n) is 3.37. The molecule has 0 radical (unpaired) electrons. The number of aromatic nitrogens is 2. The molecule has 0 amide bonds. The van der Waals surface area contributed by atoms with Crippen LogP contribution in [0.5, 0.6) is 0 Å². The number of ether oxygens (including phenoxy) is 1. The number of nitrogens with one attached hydrogen (secondary N) is 1. The third-order valence-corrected chi connectivity index (χ3v) is 2.60. The highest BCUT2D eigenvalue weighted by atomic mass is 32.1. The first-order valence-electron chi connectivity index (χ1n) is 5.17. The molecule has 1 N–H and O–H groups in total.